The zero-order valence-electron chi connectivity index (χ0n) is 14.1. The summed E-state index contributed by atoms with van der Waals surface area (Å²) in [7, 11) is 1.95. The molecule has 0 aliphatic carbocycles. The molecule has 0 bridgehead atoms. The summed E-state index contributed by atoms with van der Waals surface area (Å²) in [4.78, 5) is 4.72. The first-order valence-electron chi connectivity index (χ1n) is 8.35. The Morgan fingerprint density at radius 1 is 1.25 bits per heavy atom. The third-order valence-electron chi connectivity index (χ3n) is 4.96. The molecule has 6 heteroatoms. The minimum absolute atomic E-state index is 0.116. The number of aryl methyl sites for hydroxylation is 2. The Morgan fingerprint density at radius 2 is 2.00 bits per heavy atom. The highest BCUT2D eigenvalue weighted by molar-refractivity contribution is 7.22. The predicted molar refractivity (Wildman–Crippen MR) is 97.8 cm³/mol. The van der Waals surface area contributed by atoms with Gasteiger partial charge in [0.25, 0.3) is 0 Å². The molecule has 1 fully saturated rings. The van der Waals surface area contributed by atoms with Crippen LogP contribution in [0.4, 0.5) is 5.13 Å². The number of benzene rings is 1. The average Bonchev–Trinajstić information content (AvgIpc) is 3.16. The second-order valence-electron chi connectivity index (χ2n) is 6.49. The maximum absolute atomic E-state index is 5.61. The van der Waals surface area contributed by atoms with Crippen LogP contribution in [0.5, 0.6) is 0 Å². The largest absolute Gasteiger partial charge is 0.381 e. The fourth-order valence-corrected chi connectivity index (χ4v) is 4.45. The first-order valence-corrected chi connectivity index (χ1v) is 9.17. The van der Waals surface area contributed by atoms with Gasteiger partial charge >= 0.3 is 0 Å². The van der Waals surface area contributed by atoms with Crippen molar-refractivity contribution in [3.05, 3.63) is 41.6 Å². The lowest BCUT2D eigenvalue weighted by atomic mass is 9.74. The minimum atomic E-state index is 0.116. The zero-order chi connectivity index (χ0) is 16.6. The standard InChI is InChI=1S/C18H22N4OS/c1-13-15-16(22(2)21-13)20-17(24-15)19-12-18(8-10-23-11-9-18)14-6-4-3-5-7-14/h3-7H,8-12H2,1-2H3,(H,19,20). The van der Waals surface area contributed by atoms with Crippen molar-refractivity contribution in [2.75, 3.05) is 25.1 Å². The number of hydrogen-bond acceptors (Lipinski definition) is 5. The zero-order valence-corrected chi connectivity index (χ0v) is 14.9. The van der Waals surface area contributed by atoms with Crippen molar-refractivity contribution in [3.8, 4) is 0 Å². The van der Waals surface area contributed by atoms with Gasteiger partial charge in [0.05, 0.1) is 10.4 Å². The molecule has 3 aromatic rings. The Labute approximate surface area is 145 Å². The third kappa shape index (κ3) is 2.70. The Hall–Kier alpha value is -1.92. The van der Waals surface area contributed by atoms with Crippen molar-refractivity contribution < 1.29 is 4.74 Å². The molecule has 1 aliphatic rings. The van der Waals surface area contributed by atoms with Crippen LogP contribution in [0.3, 0.4) is 0 Å². The molecule has 0 radical (unpaired) electrons. The van der Waals surface area contributed by atoms with Gasteiger partial charge < -0.3 is 10.1 Å². The molecule has 24 heavy (non-hydrogen) atoms. The maximum atomic E-state index is 5.61. The summed E-state index contributed by atoms with van der Waals surface area (Å²) < 4.78 is 8.64. The second kappa shape index (κ2) is 6.18. The van der Waals surface area contributed by atoms with E-state index in [1.54, 1.807) is 11.3 Å². The minimum Gasteiger partial charge on any atom is -0.381 e. The molecule has 1 aromatic carbocycles. The SMILES string of the molecule is Cc1nn(C)c2nc(NCC3(c4ccccc4)CCOCC3)sc12. The quantitative estimate of drug-likeness (QED) is 0.788. The van der Waals surface area contributed by atoms with Crippen LogP contribution in [0.2, 0.25) is 0 Å². The second-order valence-corrected chi connectivity index (χ2v) is 7.49. The van der Waals surface area contributed by atoms with Crippen molar-refractivity contribution in [2.45, 2.75) is 25.2 Å². The first-order chi connectivity index (χ1) is 11.7. The Bertz CT molecular complexity index is 799. The summed E-state index contributed by atoms with van der Waals surface area (Å²) in [5.41, 5.74) is 3.51. The number of anilines is 1. The first kappa shape index (κ1) is 15.6. The highest BCUT2D eigenvalue weighted by Crippen LogP contribution is 2.36. The van der Waals surface area contributed by atoms with E-state index < -0.39 is 0 Å². The van der Waals surface area contributed by atoms with E-state index in [-0.39, 0.29) is 5.41 Å². The summed E-state index contributed by atoms with van der Waals surface area (Å²) in [6.45, 7) is 4.56. The molecule has 4 rings (SSSR count). The van der Waals surface area contributed by atoms with Crippen molar-refractivity contribution in [1.82, 2.24) is 14.8 Å². The van der Waals surface area contributed by atoms with E-state index in [9.17, 15) is 0 Å². The number of nitrogens with zero attached hydrogens (tertiary/aromatic N) is 3. The summed E-state index contributed by atoms with van der Waals surface area (Å²) in [6.07, 6.45) is 2.07. The molecule has 0 amide bonds. The van der Waals surface area contributed by atoms with E-state index in [1.807, 2.05) is 18.7 Å². The van der Waals surface area contributed by atoms with Crippen molar-refractivity contribution >= 4 is 26.8 Å². The van der Waals surface area contributed by atoms with E-state index in [2.05, 4.69) is 40.7 Å². The highest BCUT2D eigenvalue weighted by atomic mass is 32.1. The Morgan fingerprint density at radius 3 is 2.71 bits per heavy atom. The van der Waals surface area contributed by atoms with Gasteiger partial charge in [-0.25, -0.2) is 9.67 Å². The normalized spacial score (nSPS) is 17.2. The fraction of sp³-hybridized carbons (Fsp3) is 0.444. The van der Waals surface area contributed by atoms with E-state index in [0.29, 0.717) is 0 Å². The maximum Gasteiger partial charge on any atom is 0.185 e. The van der Waals surface area contributed by atoms with Gasteiger partial charge in [-0.1, -0.05) is 41.7 Å². The van der Waals surface area contributed by atoms with Gasteiger partial charge in [-0.2, -0.15) is 5.10 Å². The number of fused-ring (bicyclic) bond motifs is 1. The molecule has 1 N–H and O–H groups in total. The topological polar surface area (TPSA) is 52.0 Å². The van der Waals surface area contributed by atoms with Crippen LogP contribution in [-0.4, -0.2) is 34.5 Å². The van der Waals surface area contributed by atoms with E-state index in [1.165, 1.54) is 10.3 Å². The monoisotopic (exact) mass is 342 g/mol. The Kier molecular flexibility index (Phi) is 4.02. The lowest BCUT2D eigenvalue weighted by molar-refractivity contribution is 0.0544. The van der Waals surface area contributed by atoms with Gasteiger partial charge in [0.1, 0.15) is 0 Å². The van der Waals surface area contributed by atoms with Crippen LogP contribution in [0, 0.1) is 6.92 Å². The number of aromatic nitrogens is 3. The number of nitrogens with one attached hydrogen (secondary N) is 1. The lowest BCUT2D eigenvalue weighted by Crippen LogP contribution is -2.40. The fourth-order valence-electron chi connectivity index (χ4n) is 3.53. The molecule has 1 aliphatic heterocycles. The lowest BCUT2D eigenvalue weighted by Gasteiger charge is -2.37. The summed E-state index contributed by atoms with van der Waals surface area (Å²) in [5, 5.41) is 8.99. The van der Waals surface area contributed by atoms with Crippen LogP contribution >= 0.6 is 11.3 Å². The predicted octanol–water partition coefficient (Wildman–Crippen LogP) is 3.50. The summed E-state index contributed by atoms with van der Waals surface area (Å²) in [6, 6.07) is 10.8. The van der Waals surface area contributed by atoms with Gasteiger partial charge in [-0.3, -0.25) is 0 Å². The Balaban J connectivity index is 1.59. The van der Waals surface area contributed by atoms with Crippen LogP contribution in [0.15, 0.2) is 30.3 Å². The molecule has 126 valence electrons. The summed E-state index contributed by atoms with van der Waals surface area (Å²) >= 11 is 1.69. The molecule has 5 nitrogen and oxygen atoms in total. The molecule has 0 atom stereocenters. The van der Waals surface area contributed by atoms with Crippen molar-refractivity contribution in [2.24, 2.45) is 7.05 Å². The number of rotatable bonds is 4. The van der Waals surface area contributed by atoms with Gasteiger partial charge in [0, 0.05) is 32.2 Å². The molecule has 3 heterocycles. The van der Waals surface area contributed by atoms with E-state index in [4.69, 9.17) is 9.72 Å². The number of hydrogen-bond donors (Lipinski definition) is 1. The average molecular weight is 342 g/mol. The summed E-state index contributed by atoms with van der Waals surface area (Å²) in [5.74, 6) is 0. The highest BCUT2D eigenvalue weighted by Gasteiger charge is 2.34. The molecule has 2 aromatic heterocycles. The van der Waals surface area contributed by atoms with Crippen LogP contribution in [0.1, 0.15) is 24.1 Å². The van der Waals surface area contributed by atoms with Crippen LogP contribution in [0.25, 0.3) is 10.3 Å². The van der Waals surface area contributed by atoms with Gasteiger partial charge in [-0.05, 0) is 25.3 Å². The number of ether oxygens (including phenoxy) is 1. The van der Waals surface area contributed by atoms with Crippen LogP contribution in [-0.2, 0) is 17.2 Å². The van der Waals surface area contributed by atoms with Crippen LogP contribution < -0.4 is 5.32 Å². The molecule has 0 unspecified atom stereocenters. The number of thiazole rings is 1. The molecule has 0 saturated carbocycles. The van der Waals surface area contributed by atoms with Gasteiger partial charge in [0.15, 0.2) is 10.8 Å². The van der Waals surface area contributed by atoms with E-state index in [0.717, 1.165) is 49.1 Å². The molecule has 1 saturated heterocycles. The van der Waals surface area contributed by atoms with Gasteiger partial charge in [-0.15, -0.1) is 0 Å². The molecular formula is C18H22N4OS. The third-order valence-corrected chi connectivity index (χ3v) is 6.07. The molecule has 0 spiro atoms. The smallest absolute Gasteiger partial charge is 0.185 e. The van der Waals surface area contributed by atoms with Gasteiger partial charge in [0.2, 0.25) is 0 Å². The van der Waals surface area contributed by atoms with E-state index >= 15 is 0 Å². The molecular weight excluding hydrogens is 320 g/mol. The van der Waals surface area contributed by atoms with Crippen molar-refractivity contribution in [3.63, 3.8) is 0 Å². The van der Waals surface area contributed by atoms with Crippen molar-refractivity contribution in [1.29, 1.82) is 0 Å².